The number of hydrogen-bond donors (Lipinski definition) is 2. The van der Waals surface area contributed by atoms with Crippen molar-refractivity contribution < 1.29 is 14.6 Å². The highest BCUT2D eigenvalue weighted by Gasteiger charge is 2.29. The minimum Gasteiger partial charge on any atom is -0.465 e. The van der Waals surface area contributed by atoms with E-state index in [1.807, 2.05) is 0 Å². The zero-order valence-corrected chi connectivity index (χ0v) is 8.24. The smallest absolute Gasteiger partial charge is 0.323 e. The maximum absolute atomic E-state index is 11.4. The summed E-state index contributed by atoms with van der Waals surface area (Å²) in [6.07, 6.45) is 3.68. The van der Waals surface area contributed by atoms with Crippen LogP contribution in [0.25, 0.3) is 0 Å². The fourth-order valence-electron chi connectivity index (χ4n) is 1.73. The molecule has 0 aromatic rings. The maximum Gasteiger partial charge on any atom is 0.323 e. The Hall–Kier alpha value is -0.610. The van der Waals surface area contributed by atoms with Crippen LogP contribution in [0.2, 0.25) is 0 Å². The average molecular weight is 199 g/mol. The van der Waals surface area contributed by atoms with E-state index < -0.39 is 6.10 Å². The van der Waals surface area contributed by atoms with E-state index >= 15 is 0 Å². The zero-order valence-electron chi connectivity index (χ0n) is 8.24. The van der Waals surface area contributed by atoms with Crippen LogP contribution in [-0.4, -0.2) is 36.4 Å². The Morgan fingerprint density at radius 3 is 2.86 bits per heavy atom. The normalized spacial score (nSPS) is 31.8. The molecule has 1 saturated heterocycles. The lowest BCUT2D eigenvalue weighted by Crippen LogP contribution is -2.32. The van der Waals surface area contributed by atoms with Gasteiger partial charge in [-0.1, -0.05) is 12.8 Å². The standard InChI is InChI=1S/C10H17NO3/c12-8-5-9(11-6-8)10(13)14-4-3-7-1-2-7/h7-9,11-12H,1-6H2. The molecule has 0 spiro atoms. The molecule has 2 aliphatic rings. The lowest BCUT2D eigenvalue weighted by atomic mass is 10.2. The van der Waals surface area contributed by atoms with E-state index in [1.165, 1.54) is 12.8 Å². The van der Waals surface area contributed by atoms with Crippen LogP contribution in [-0.2, 0) is 9.53 Å². The van der Waals surface area contributed by atoms with E-state index in [-0.39, 0.29) is 12.0 Å². The van der Waals surface area contributed by atoms with Gasteiger partial charge in [-0.25, -0.2) is 0 Å². The number of aliphatic hydroxyl groups excluding tert-OH is 1. The van der Waals surface area contributed by atoms with Gasteiger partial charge in [0, 0.05) is 13.0 Å². The van der Waals surface area contributed by atoms with Crippen LogP contribution in [0.1, 0.15) is 25.7 Å². The molecule has 80 valence electrons. The Labute approximate surface area is 83.6 Å². The van der Waals surface area contributed by atoms with Crippen molar-refractivity contribution in [3.05, 3.63) is 0 Å². The molecule has 4 heteroatoms. The van der Waals surface area contributed by atoms with Crippen LogP contribution >= 0.6 is 0 Å². The summed E-state index contributed by atoms with van der Waals surface area (Å²) in [6.45, 7) is 1.04. The third-order valence-corrected chi connectivity index (χ3v) is 2.86. The molecule has 1 saturated carbocycles. The van der Waals surface area contributed by atoms with Crippen LogP contribution in [0.4, 0.5) is 0 Å². The third kappa shape index (κ3) is 2.69. The van der Waals surface area contributed by atoms with E-state index in [2.05, 4.69) is 5.32 Å². The molecule has 4 nitrogen and oxygen atoms in total. The summed E-state index contributed by atoms with van der Waals surface area (Å²) in [5.41, 5.74) is 0. The van der Waals surface area contributed by atoms with Gasteiger partial charge in [0.1, 0.15) is 6.04 Å². The molecule has 0 amide bonds. The third-order valence-electron chi connectivity index (χ3n) is 2.86. The fourth-order valence-corrected chi connectivity index (χ4v) is 1.73. The van der Waals surface area contributed by atoms with Gasteiger partial charge in [-0.15, -0.1) is 0 Å². The summed E-state index contributed by atoms with van der Waals surface area (Å²) < 4.78 is 5.11. The van der Waals surface area contributed by atoms with Gasteiger partial charge in [0.15, 0.2) is 0 Å². The van der Waals surface area contributed by atoms with Crippen molar-refractivity contribution in [2.75, 3.05) is 13.2 Å². The van der Waals surface area contributed by atoms with Gasteiger partial charge in [-0.2, -0.15) is 0 Å². The first kappa shape index (κ1) is 9.93. The maximum atomic E-state index is 11.4. The zero-order chi connectivity index (χ0) is 9.97. The van der Waals surface area contributed by atoms with Crippen molar-refractivity contribution >= 4 is 5.97 Å². The summed E-state index contributed by atoms with van der Waals surface area (Å²) in [7, 11) is 0. The van der Waals surface area contributed by atoms with Gasteiger partial charge in [0.25, 0.3) is 0 Å². The number of ether oxygens (including phenoxy) is 1. The number of carbonyl (C=O) groups is 1. The molecule has 2 N–H and O–H groups in total. The first-order valence-electron chi connectivity index (χ1n) is 5.34. The molecule has 2 unspecified atom stereocenters. The second-order valence-corrected chi connectivity index (χ2v) is 4.25. The topological polar surface area (TPSA) is 58.6 Å². The van der Waals surface area contributed by atoms with Crippen molar-refractivity contribution in [1.29, 1.82) is 0 Å². The molecule has 1 heterocycles. The van der Waals surface area contributed by atoms with Crippen LogP contribution in [0, 0.1) is 5.92 Å². The van der Waals surface area contributed by atoms with Gasteiger partial charge in [0.2, 0.25) is 0 Å². The molecule has 1 aliphatic carbocycles. The number of hydrogen-bond acceptors (Lipinski definition) is 4. The highest BCUT2D eigenvalue weighted by Crippen LogP contribution is 2.32. The molecule has 14 heavy (non-hydrogen) atoms. The quantitative estimate of drug-likeness (QED) is 0.628. The van der Waals surface area contributed by atoms with Gasteiger partial charge in [0.05, 0.1) is 12.7 Å². The monoisotopic (exact) mass is 199 g/mol. The molecule has 0 aromatic carbocycles. The minimum absolute atomic E-state index is 0.206. The van der Waals surface area contributed by atoms with Gasteiger partial charge in [-0.3, -0.25) is 4.79 Å². The summed E-state index contributed by atoms with van der Waals surface area (Å²) in [5.74, 6) is 0.590. The summed E-state index contributed by atoms with van der Waals surface area (Å²) in [6, 6.07) is -0.288. The molecule has 1 aliphatic heterocycles. The van der Waals surface area contributed by atoms with Gasteiger partial charge >= 0.3 is 5.97 Å². The largest absolute Gasteiger partial charge is 0.465 e. The second kappa shape index (κ2) is 4.28. The second-order valence-electron chi connectivity index (χ2n) is 4.25. The average Bonchev–Trinajstić information content (AvgIpc) is 2.87. The molecule has 2 fully saturated rings. The van der Waals surface area contributed by atoms with Crippen molar-refractivity contribution in [2.24, 2.45) is 5.92 Å². The lowest BCUT2D eigenvalue weighted by Gasteiger charge is -2.09. The van der Waals surface area contributed by atoms with Crippen LogP contribution in [0.5, 0.6) is 0 Å². The predicted molar refractivity (Wildman–Crippen MR) is 50.7 cm³/mol. The molecular weight excluding hydrogens is 182 g/mol. The molecule has 2 rings (SSSR count). The number of aliphatic hydroxyl groups is 1. The van der Waals surface area contributed by atoms with Crippen molar-refractivity contribution in [3.8, 4) is 0 Å². The Bertz CT molecular complexity index is 215. The highest BCUT2D eigenvalue weighted by molar-refractivity contribution is 5.76. The Kier molecular flexibility index (Phi) is 3.03. The number of carbonyl (C=O) groups excluding carboxylic acids is 1. The van der Waals surface area contributed by atoms with Gasteiger partial charge < -0.3 is 15.2 Å². The summed E-state index contributed by atoms with van der Waals surface area (Å²) >= 11 is 0. The molecule has 2 atom stereocenters. The SMILES string of the molecule is O=C(OCCC1CC1)C1CC(O)CN1. The van der Waals surface area contributed by atoms with Crippen molar-refractivity contribution in [1.82, 2.24) is 5.32 Å². The van der Waals surface area contributed by atoms with E-state index in [0.717, 1.165) is 12.3 Å². The lowest BCUT2D eigenvalue weighted by molar-refractivity contribution is -0.146. The van der Waals surface area contributed by atoms with Crippen LogP contribution in [0.3, 0.4) is 0 Å². The van der Waals surface area contributed by atoms with Gasteiger partial charge in [-0.05, 0) is 12.3 Å². The molecule has 0 bridgehead atoms. The molecule has 0 radical (unpaired) electrons. The summed E-state index contributed by atoms with van der Waals surface area (Å²) in [5, 5.41) is 12.1. The summed E-state index contributed by atoms with van der Waals surface area (Å²) in [4.78, 5) is 11.4. The first-order chi connectivity index (χ1) is 6.75. The predicted octanol–water partition coefficient (Wildman–Crippen LogP) is 0.0525. The first-order valence-corrected chi connectivity index (χ1v) is 5.34. The van der Waals surface area contributed by atoms with Crippen LogP contribution in [0.15, 0.2) is 0 Å². The van der Waals surface area contributed by atoms with Crippen molar-refractivity contribution in [3.63, 3.8) is 0 Å². The molecule has 0 aromatic heterocycles. The Morgan fingerprint density at radius 2 is 2.29 bits per heavy atom. The number of β-amino-alcohol motifs (C(OH)–C–C–N with tert-alkyl or cyclic N) is 1. The number of rotatable bonds is 4. The highest BCUT2D eigenvalue weighted by atomic mass is 16.5. The Balaban J connectivity index is 1.61. The minimum atomic E-state index is -0.393. The van der Waals surface area contributed by atoms with E-state index in [0.29, 0.717) is 19.6 Å². The van der Waals surface area contributed by atoms with Crippen molar-refractivity contribution in [2.45, 2.75) is 37.8 Å². The number of esters is 1. The van der Waals surface area contributed by atoms with E-state index in [1.54, 1.807) is 0 Å². The fraction of sp³-hybridized carbons (Fsp3) is 0.900. The Morgan fingerprint density at radius 1 is 1.50 bits per heavy atom. The van der Waals surface area contributed by atoms with E-state index in [9.17, 15) is 9.90 Å². The number of nitrogens with one attached hydrogen (secondary N) is 1. The molecular formula is C10H17NO3. The van der Waals surface area contributed by atoms with Crippen LogP contribution < -0.4 is 5.32 Å². The van der Waals surface area contributed by atoms with E-state index in [4.69, 9.17) is 4.74 Å².